The van der Waals surface area contributed by atoms with Gasteiger partial charge < -0.3 is 4.74 Å². The van der Waals surface area contributed by atoms with E-state index in [2.05, 4.69) is 31.9 Å². The zero-order valence-corrected chi connectivity index (χ0v) is 14.2. The van der Waals surface area contributed by atoms with Crippen molar-refractivity contribution < 1.29 is 14.1 Å². The van der Waals surface area contributed by atoms with Crippen molar-refractivity contribution in [2.75, 3.05) is 0 Å². The summed E-state index contributed by atoms with van der Waals surface area (Å²) in [6.07, 6.45) is 0. The first-order chi connectivity index (χ1) is 9.93. The molecule has 8 heteroatoms. The Kier molecular flexibility index (Phi) is 5.18. The highest BCUT2D eigenvalue weighted by atomic mass is 79.9. The summed E-state index contributed by atoms with van der Waals surface area (Å²) in [6.45, 7) is 0. The van der Waals surface area contributed by atoms with Gasteiger partial charge in [-0.3, -0.25) is 10.1 Å². The number of nitro benzene ring substituents is 1. The molecule has 110 valence electrons. The number of hydrogen-bond acceptors (Lipinski definition) is 3. The number of nitrogens with zero attached hydrogens (tertiary/aromatic N) is 1. The smallest absolute Gasteiger partial charge is 0.271 e. The molecule has 0 aliphatic carbocycles. The largest absolute Gasteiger partial charge is 0.452 e. The molecule has 4 nitrogen and oxygen atoms in total. The molecule has 0 N–H and O–H groups in total. The van der Waals surface area contributed by atoms with Crippen LogP contribution in [0.15, 0.2) is 39.3 Å². The van der Waals surface area contributed by atoms with Crippen LogP contribution in [-0.2, 0) is 5.88 Å². The number of halogens is 4. The second-order valence-electron chi connectivity index (χ2n) is 3.96. The zero-order valence-electron chi connectivity index (χ0n) is 10.3. The van der Waals surface area contributed by atoms with E-state index < -0.39 is 10.7 Å². The summed E-state index contributed by atoms with van der Waals surface area (Å²) < 4.78 is 20.1. The molecule has 0 aliphatic heterocycles. The molecule has 0 radical (unpaired) electrons. The van der Waals surface area contributed by atoms with Gasteiger partial charge in [-0.05, 0) is 37.9 Å². The van der Waals surface area contributed by atoms with Crippen LogP contribution in [0.5, 0.6) is 11.5 Å². The Morgan fingerprint density at radius 2 is 1.86 bits per heavy atom. The minimum atomic E-state index is -0.565. The topological polar surface area (TPSA) is 52.4 Å². The highest BCUT2D eigenvalue weighted by molar-refractivity contribution is 9.11. The molecule has 0 spiro atoms. The third-order valence-electron chi connectivity index (χ3n) is 2.59. The van der Waals surface area contributed by atoms with E-state index in [0.717, 1.165) is 0 Å². The van der Waals surface area contributed by atoms with E-state index in [4.69, 9.17) is 16.3 Å². The number of nitro groups is 1. The van der Waals surface area contributed by atoms with E-state index in [1.165, 1.54) is 24.3 Å². The van der Waals surface area contributed by atoms with E-state index in [0.29, 0.717) is 14.5 Å². The third kappa shape index (κ3) is 3.53. The van der Waals surface area contributed by atoms with Crippen LogP contribution in [0, 0.1) is 15.9 Å². The monoisotopic (exact) mass is 437 g/mol. The lowest BCUT2D eigenvalue weighted by Gasteiger charge is -2.13. The van der Waals surface area contributed by atoms with Gasteiger partial charge in [0.2, 0.25) is 0 Å². The van der Waals surface area contributed by atoms with Crippen LogP contribution < -0.4 is 4.74 Å². The maximum Gasteiger partial charge on any atom is 0.271 e. The SMILES string of the molecule is O=[N+]([O-])c1cc(Br)c(Oc2c(F)cccc2CCl)c(Br)c1. The van der Waals surface area contributed by atoms with Crippen LogP contribution in [0.3, 0.4) is 0 Å². The van der Waals surface area contributed by atoms with Gasteiger partial charge in [0, 0.05) is 17.7 Å². The molecule has 2 aromatic carbocycles. The molecule has 0 unspecified atom stereocenters. The summed E-state index contributed by atoms with van der Waals surface area (Å²) >= 11 is 12.1. The van der Waals surface area contributed by atoms with Crippen LogP contribution >= 0.6 is 43.5 Å². The number of alkyl halides is 1. The highest BCUT2D eigenvalue weighted by Gasteiger charge is 2.18. The van der Waals surface area contributed by atoms with Gasteiger partial charge in [-0.1, -0.05) is 12.1 Å². The standard InChI is InChI=1S/C13H7Br2ClFNO3/c14-9-4-8(18(19)20)5-10(15)13(9)21-12-7(6-16)2-1-3-11(12)17/h1-5H,6H2. The van der Waals surface area contributed by atoms with Crippen molar-refractivity contribution in [2.45, 2.75) is 5.88 Å². The lowest BCUT2D eigenvalue weighted by atomic mass is 10.2. The average molecular weight is 439 g/mol. The summed E-state index contributed by atoms with van der Waals surface area (Å²) in [5.41, 5.74) is 0.362. The molecule has 0 heterocycles. The Labute approximate surface area is 141 Å². The van der Waals surface area contributed by atoms with E-state index in [-0.39, 0.29) is 23.1 Å². The molecule has 0 fully saturated rings. The number of hydrogen-bond donors (Lipinski definition) is 0. The van der Waals surface area contributed by atoms with Crippen molar-refractivity contribution in [2.24, 2.45) is 0 Å². The van der Waals surface area contributed by atoms with E-state index in [1.807, 2.05) is 0 Å². The number of rotatable bonds is 4. The lowest BCUT2D eigenvalue weighted by Crippen LogP contribution is -1.96. The zero-order chi connectivity index (χ0) is 15.6. The van der Waals surface area contributed by atoms with Gasteiger partial charge in [-0.15, -0.1) is 11.6 Å². The molecule has 0 saturated carbocycles. The van der Waals surface area contributed by atoms with Crippen molar-refractivity contribution in [3.8, 4) is 11.5 Å². The fourth-order valence-corrected chi connectivity index (χ4v) is 3.16. The minimum Gasteiger partial charge on any atom is -0.452 e. The van der Waals surface area contributed by atoms with Crippen LogP contribution in [0.2, 0.25) is 0 Å². The first kappa shape index (κ1) is 16.2. The Balaban J connectivity index is 2.48. The van der Waals surface area contributed by atoms with Crippen molar-refractivity contribution in [3.05, 3.63) is 60.8 Å². The number of benzene rings is 2. The van der Waals surface area contributed by atoms with Gasteiger partial charge in [0.15, 0.2) is 17.3 Å². The van der Waals surface area contributed by atoms with Crippen molar-refractivity contribution in [3.63, 3.8) is 0 Å². The van der Waals surface area contributed by atoms with Crippen LogP contribution in [-0.4, -0.2) is 4.92 Å². The summed E-state index contributed by atoms with van der Waals surface area (Å²) in [5.74, 6) is -0.264. The van der Waals surface area contributed by atoms with Gasteiger partial charge in [0.25, 0.3) is 5.69 Å². The summed E-state index contributed by atoms with van der Waals surface area (Å²) in [5, 5.41) is 10.8. The van der Waals surface area contributed by atoms with Crippen LogP contribution in [0.25, 0.3) is 0 Å². The Morgan fingerprint density at radius 3 is 2.38 bits per heavy atom. The maximum absolute atomic E-state index is 13.9. The van der Waals surface area contributed by atoms with Gasteiger partial charge in [-0.2, -0.15) is 0 Å². The maximum atomic E-state index is 13.9. The molecule has 0 saturated heterocycles. The average Bonchev–Trinajstić information content (AvgIpc) is 2.43. The van der Waals surface area contributed by atoms with Gasteiger partial charge in [0.1, 0.15) is 0 Å². The number of para-hydroxylation sites is 1. The normalized spacial score (nSPS) is 10.5. The fourth-order valence-electron chi connectivity index (χ4n) is 1.62. The van der Waals surface area contributed by atoms with E-state index >= 15 is 0 Å². The number of ether oxygens (including phenoxy) is 1. The molecule has 2 rings (SSSR count). The van der Waals surface area contributed by atoms with Crippen molar-refractivity contribution >= 4 is 49.1 Å². The van der Waals surface area contributed by atoms with E-state index in [1.54, 1.807) is 6.07 Å². The first-order valence-corrected chi connectivity index (χ1v) is 7.70. The molecular formula is C13H7Br2ClFNO3. The predicted octanol–water partition coefficient (Wildman–Crippen LogP) is 5.79. The lowest BCUT2D eigenvalue weighted by molar-refractivity contribution is -0.385. The molecular weight excluding hydrogens is 432 g/mol. The van der Waals surface area contributed by atoms with E-state index in [9.17, 15) is 14.5 Å². The molecule has 0 amide bonds. The summed E-state index contributed by atoms with van der Waals surface area (Å²) in [7, 11) is 0. The van der Waals surface area contributed by atoms with Gasteiger partial charge >= 0.3 is 0 Å². The quantitative estimate of drug-likeness (QED) is 0.344. The highest BCUT2D eigenvalue weighted by Crippen LogP contribution is 2.41. The Hall–Kier alpha value is -1.18. The Morgan fingerprint density at radius 1 is 1.24 bits per heavy atom. The summed E-state index contributed by atoms with van der Waals surface area (Å²) in [6, 6.07) is 6.97. The second-order valence-corrected chi connectivity index (χ2v) is 5.94. The molecule has 0 bridgehead atoms. The molecule has 0 atom stereocenters. The van der Waals surface area contributed by atoms with Crippen LogP contribution in [0.4, 0.5) is 10.1 Å². The summed E-state index contributed by atoms with van der Waals surface area (Å²) in [4.78, 5) is 10.2. The predicted molar refractivity (Wildman–Crippen MR) is 84.5 cm³/mol. The van der Waals surface area contributed by atoms with Crippen molar-refractivity contribution in [1.29, 1.82) is 0 Å². The molecule has 2 aromatic rings. The second kappa shape index (κ2) is 6.72. The molecule has 21 heavy (non-hydrogen) atoms. The van der Waals surface area contributed by atoms with Crippen molar-refractivity contribution in [1.82, 2.24) is 0 Å². The fraction of sp³-hybridized carbons (Fsp3) is 0.0769. The first-order valence-electron chi connectivity index (χ1n) is 5.58. The van der Waals surface area contributed by atoms with Gasteiger partial charge in [-0.25, -0.2) is 4.39 Å². The van der Waals surface area contributed by atoms with Crippen LogP contribution in [0.1, 0.15) is 5.56 Å². The molecule has 0 aromatic heterocycles. The third-order valence-corrected chi connectivity index (χ3v) is 4.06. The van der Waals surface area contributed by atoms with Gasteiger partial charge in [0.05, 0.1) is 19.7 Å². The molecule has 0 aliphatic rings. The Bertz CT molecular complexity index is 689. The number of non-ortho nitro benzene ring substituents is 1. The minimum absolute atomic E-state index is 0.0113.